The molecule has 0 spiro atoms. The number of thiazole rings is 1. The minimum atomic E-state index is -2.56. The largest absolute Gasteiger partial charge is 0.367 e. The van der Waals surface area contributed by atoms with Crippen LogP contribution in [0.2, 0.25) is 0 Å². The summed E-state index contributed by atoms with van der Waals surface area (Å²) in [6, 6.07) is 1.81. The summed E-state index contributed by atoms with van der Waals surface area (Å²) in [5, 5.41) is 5.98. The predicted molar refractivity (Wildman–Crippen MR) is 105 cm³/mol. The van der Waals surface area contributed by atoms with Crippen LogP contribution in [0.1, 0.15) is 44.2 Å². The summed E-state index contributed by atoms with van der Waals surface area (Å²) in [6.45, 7) is 3.12. The van der Waals surface area contributed by atoms with Crippen LogP contribution >= 0.6 is 11.3 Å². The monoisotopic (exact) mass is 411 g/mol. The molecule has 1 aliphatic carbocycles. The molecule has 0 unspecified atom stereocenters. The molecular formula is C19H24F3N5S. The van der Waals surface area contributed by atoms with Gasteiger partial charge in [-0.1, -0.05) is 0 Å². The van der Waals surface area contributed by atoms with Crippen LogP contribution in [0.15, 0.2) is 11.4 Å². The number of aromatic nitrogens is 3. The highest BCUT2D eigenvalue weighted by atomic mass is 32.1. The second-order valence-corrected chi connectivity index (χ2v) is 8.52. The quantitative estimate of drug-likeness (QED) is 0.781. The molecule has 4 rings (SSSR count). The van der Waals surface area contributed by atoms with Crippen molar-refractivity contribution in [1.82, 2.24) is 15.0 Å². The number of nitrogens with one attached hydrogen (secondary N) is 1. The van der Waals surface area contributed by atoms with Crippen molar-refractivity contribution < 1.29 is 13.2 Å². The van der Waals surface area contributed by atoms with Crippen LogP contribution in [0.5, 0.6) is 0 Å². The van der Waals surface area contributed by atoms with Crippen molar-refractivity contribution in [2.75, 3.05) is 23.3 Å². The van der Waals surface area contributed by atoms with Gasteiger partial charge in [-0.3, -0.25) is 0 Å². The van der Waals surface area contributed by atoms with E-state index in [9.17, 15) is 13.2 Å². The molecule has 1 aliphatic heterocycles. The Labute approximate surface area is 166 Å². The lowest BCUT2D eigenvalue weighted by Crippen LogP contribution is -2.35. The zero-order chi connectivity index (χ0) is 19.7. The average Bonchev–Trinajstić information content (AvgIpc) is 3.10. The second-order valence-electron chi connectivity index (χ2n) is 7.67. The summed E-state index contributed by atoms with van der Waals surface area (Å²) in [5.74, 6) is -0.699. The normalized spacial score (nSPS) is 21.1. The van der Waals surface area contributed by atoms with E-state index >= 15 is 0 Å². The third-order valence-electron chi connectivity index (χ3n) is 5.34. The molecule has 152 valence electrons. The molecule has 1 saturated carbocycles. The highest BCUT2D eigenvalue weighted by molar-refractivity contribution is 7.13. The van der Waals surface area contributed by atoms with E-state index in [1.54, 1.807) is 0 Å². The molecule has 5 nitrogen and oxygen atoms in total. The summed E-state index contributed by atoms with van der Waals surface area (Å²) < 4.78 is 40.4. The first-order chi connectivity index (χ1) is 13.4. The van der Waals surface area contributed by atoms with E-state index in [2.05, 4.69) is 25.2 Å². The van der Waals surface area contributed by atoms with Crippen molar-refractivity contribution in [1.29, 1.82) is 0 Å². The molecule has 2 aliphatic rings. The molecule has 0 bridgehead atoms. The van der Waals surface area contributed by atoms with E-state index < -0.39 is 12.1 Å². The number of piperidine rings is 1. The molecule has 0 amide bonds. The fourth-order valence-electron chi connectivity index (χ4n) is 3.69. The standard InChI is InChI=1S/C19H24F3N5S/c1-12-11-28-18(23-12)17-25-15(24-14-2-6-19(21,22)7-3-14)10-16(26-17)27-8-4-13(20)5-9-27/h10-11,13-14H,2-9H2,1H3,(H,24,25,26). The van der Waals surface area contributed by atoms with Crippen LogP contribution in [0, 0.1) is 6.92 Å². The van der Waals surface area contributed by atoms with E-state index in [-0.39, 0.29) is 18.9 Å². The molecule has 0 aromatic carbocycles. The maximum atomic E-state index is 13.5. The van der Waals surface area contributed by atoms with Crippen molar-refractivity contribution in [2.45, 2.75) is 63.6 Å². The molecule has 1 saturated heterocycles. The molecule has 28 heavy (non-hydrogen) atoms. The van der Waals surface area contributed by atoms with Crippen molar-refractivity contribution in [2.24, 2.45) is 0 Å². The molecule has 9 heteroatoms. The van der Waals surface area contributed by atoms with E-state index in [4.69, 9.17) is 0 Å². The number of anilines is 2. The Morgan fingerprint density at radius 1 is 1.11 bits per heavy atom. The maximum absolute atomic E-state index is 13.5. The number of halogens is 3. The van der Waals surface area contributed by atoms with E-state index in [1.807, 2.05) is 18.4 Å². The van der Waals surface area contributed by atoms with Gasteiger partial charge in [-0.2, -0.15) is 0 Å². The molecule has 2 aromatic rings. The van der Waals surface area contributed by atoms with Gasteiger partial charge in [0.2, 0.25) is 5.92 Å². The first-order valence-electron chi connectivity index (χ1n) is 9.73. The van der Waals surface area contributed by atoms with Gasteiger partial charge in [0.05, 0.1) is 0 Å². The van der Waals surface area contributed by atoms with Crippen LogP contribution in [-0.2, 0) is 0 Å². The maximum Gasteiger partial charge on any atom is 0.248 e. The lowest BCUT2D eigenvalue weighted by atomic mass is 9.92. The van der Waals surface area contributed by atoms with Gasteiger partial charge in [-0.15, -0.1) is 11.3 Å². The Morgan fingerprint density at radius 2 is 1.82 bits per heavy atom. The molecule has 2 fully saturated rings. The number of alkyl halides is 3. The fourth-order valence-corrected chi connectivity index (χ4v) is 4.42. The number of rotatable bonds is 4. The Kier molecular flexibility index (Phi) is 5.44. The Bertz CT molecular complexity index is 810. The Morgan fingerprint density at radius 3 is 2.46 bits per heavy atom. The number of aryl methyl sites for hydroxylation is 1. The van der Waals surface area contributed by atoms with Gasteiger partial charge in [0.15, 0.2) is 10.8 Å². The summed E-state index contributed by atoms with van der Waals surface area (Å²) in [6.07, 6.45) is 0.805. The fraction of sp³-hybridized carbons (Fsp3) is 0.632. The highest BCUT2D eigenvalue weighted by Crippen LogP contribution is 2.35. The van der Waals surface area contributed by atoms with Crippen LogP contribution in [0.4, 0.5) is 24.8 Å². The molecule has 1 N–H and O–H groups in total. The van der Waals surface area contributed by atoms with Crippen molar-refractivity contribution in [3.8, 4) is 10.8 Å². The van der Waals surface area contributed by atoms with Gasteiger partial charge in [0.1, 0.15) is 17.8 Å². The first kappa shape index (κ1) is 19.4. The van der Waals surface area contributed by atoms with Gasteiger partial charge < -0.3 is 10.2 Å². The number of nitrogens with zero attached hydrogens (tertiary/aromatic N) is 4. The number of hydrogen-bond acceptors (Lipinski definition) is 6. The van der Waals surface area contributed by atoms with E-state index in [0.29, 0.717) is 50.4 Å². The summed E-state index contributed by atoms with van der Waals surface area (Å²) in [5.41, 5.74) is 0.899. The minimum absolute atomic E-state index is 0.0372. The number of hydrogen-bond donors (Lipinski definition) is 1. The first-order valence-corrected chi connectivity index (χ1v) is 10.6. The van der Waals surface area contributed by atoms with Gasteiger partial charge in [-0.05, 0) is 32.6 Å². The third-order valence-corrected chi connectivity index (χ3v) is 6.30. The Balaban J connectivity index is 1.58. The third kappa shape index (κ3) is 4.56. The molecular weight excluding hydrogens is 387 g/mol. The molecule has 0 atom stereocenters. The lowest BCUT2D eigenvalue weighted by Gasteiger charge is -2.31. The zero-order valence-electron chi connectivity index (χ0n) is 15.8. The zero-order valence-corrected chi connectivity index (χ0v) is 16.6. The Hall–Kier alpha value is -1.90. The predicted octanol–water partition coefficient (Wildman–Crippen LogP) is 4.84. The van der Waals surface area contributed by atoms with Gasteiger partial charge >= 0.3 is 0 Å². The topological polar surface area (TPSA) is 53.9 Å². The minimum Gasteiger partial charge on any atom is -0.367 e. The molecule has 3 heterocycles. The van der Waals surface area contributed by atoms with Crippen molar-refractivity contribution in [3.63, 3.8) is 0 Å². The lowest BCUT2D eigenvalue weighted by molar-refractivity contribution is -0.0361. The summed E-state index contributed by atoms with van der Waals surface area (Å²) >= 11 is 1.47. The average molecular weight is 411 g/mol. The van der Waals surface area contributed by atoms with Crippen LogP contribution in [0.25, 0.3) is 10.8 Å². The van der Waals surface area contributed by atoms with E-state index in [0.717, 1.165) is 16.5 Å². The SMILES string of the molecule is Cc1csc(-c2nc(NC3CCC(F)(F)CC3)cc(N3CCC(F)CC3)n2)n1. The van der Waals surface area contributed by atoms with Crippen molar-refractivity contribution >= 4 is 23.0 Å². The second kappa shape index (κ2) is 7.85. The summed E-state index contributed by atoms with van der Waals surface area (Å²) in [7, 11) is 0. The van der Waals surface area contributed by atoms with Crippen LogP contribution in [-0.4, -0.2) is 46.2 Å². The van der Waals surface area contributed by atoms with Gasteiger partial charge in [-0.25, -0.2) is 28.1 Å². The van der Waals surface area contributed by atoms with Crippen molar-refractivity contribution in [3.05, 3.63) is 17.1 Å². The summed E-state index contributed by atoms with van der Waals surface area (Å²) in [4.78, 5) is 15.8. The molecule has 2 aromatic heterocycles. The van der Waals surface area contributed by atoms with Gasteiger partial charge in [0, 0.05) is 49.1 Å². The smallest absolute Gasteiger partial charge is 0.248 e. The molecule has 0 radical (unpaired) electrons. The van der Waals surface area contributed by atoms with Gasteiger partial charge in [0.25, 0.3) is 0 Å². The van der Waals surface area contributed by atoms with Crippen LogP contribution in [0.3, 0.4) is 0 Å². The highest BCUT2D eigenvalue weighted by Gasteiger charge is 2.35. The van der Waals surface area contributed by atoms with E-state index in [1.165, 1.54) is 11.3 Å². The van der Waals surface area contributed by atoms with Crippen LogP contribution < -0.4 is 10.2 Å².